The van der Waals surface area contributed by atoms with Crippen LogP contribution in [0, 0.1) is 5.92 Å². The minimum atomic E-state index is -0.818. The summed E-state index contributed by atoms with van der Waals surface area (Å²) in [7, 11) is 1.64. The van der Waals surface area contributed by atoms with Crippen molar-refractivity contribution in [2.24, 2.45) is 11.7 Å². The van der Waals surface area contributed by atoms with Crippen molar-refractivity contribution in [1.29, 1.82) is 0 Å². The maximum Gasteiger partial charge on any atom is 0.251 e. The molecule has 0 spiro atoms. The normalized spacial score (nSPS) is 16.1. The third kappa shape index (κ3) is 2.73. The molecular weight excluding hydrogens is 254 g/mol. The second kappa shape index (κ2) is 5.73. The molecule has 2 unspecified atom stereocenters. The first kappa shape index (κ1) is 14.7. The molecule has 0 aliphatic rings. The van der Waals surface area contributed by atoms with Gasteiger partial charge in [0.2, 0.25) is 5.82 Å². The van der Waals surface area contributed by atoms with E-state index in [2.05, 4.69) is 10.1 Å². The number of benzene rings is 1. The van der Waals surface area contributed by atoms with Gasteiger partial charge in [-0.1, -0.05) is 49.3 Å². The Morgan fingerprint density at radius 2 is 1.90 bits per heavy atom. The molecule has 5 nitrogen and oxygen atoms in total. The molecular formula is C15H21N3O2. The SMILES string of the molecule is COC(c1noc(C(C)(N)c2ccccc2)n1)C(C)C. The average Bonchev–Trinajstić information content (AvgIpc) is 2.90. The average molecular weight is 275 g/mol. The highest BCUT2D eigenvalue weighted by Crippen LogP contribution is 2.28. The molecule has 0 amide bonds. The molecule has 0 radical (unpaired) electrons. The van der Waals surface area contributed by atoms with E-state index in [1.165, 1.54) is 0 Å². The fourth-order valence-corrected chi connectivity index (χ4v) is 2.14. The molecule has 1 heterocycles. The van der Waals surface area contributed by atoms with E-state index in [1.54, 1.807) is 7.11 Å². The van der Waals surface area contributed by atoms with E-state index >= 15 is 0 Å². The summed E-state index contributed by atoms with van der Waals surface area (Å²) in [5, 5.41) is 4.01. The lowest BCUT2D eigenvalue weighted by Gasteiger charge is -2.20. The molecule has 5 heteroatoms. The van der Waals surface area contributed by atoms with Gasteiger partial charge < -0.3 is 15.0 Å². The minimum absolute atomic E-state index is 0.195. The van der Waals surface area contributed by atoms with Crippen LogP contribution in [0.5, 0.6) is 0 Å². The number of aromatic nitrogens is 2. The second-order valence-corrected chi connectivity index (χ2v) is 5.43. The monoisotopic (exact) mass is 275 g/mol. The Balaban J connectivity index is 2.33. The van der Waals surface area contributed by atoms with Crippen molar-refractivity contribution in [3.8, 4) is 0 Å². The summed E-state index contributed by atoms with van der Waals surface area (Å²) in [4.78, 5) is 4.42. The zero-order valence-corrected chi connectivity index (χ0v) is 12.3. The lowest BCUT2D eigenvalue weighted by molar-refractivity contribution is 0.0555. The molecule has 2 aromatic rings. The Bertz CT molecular complexity index is 549. The van der Waals surface area contributed by atoms with Crippen LogP contribution in [0.15, 0.2) is 34.9 Å². The van der Waals surface area contributed by atoms with Gasteiger partial charge in [-0.2, -0.15) is 4.98 Å². The van der Waals surface area contributed by atoms with Crippen LogP contribution in [-0.2, 0) is 10.3 Å². The highest BCUT2D eigenvalue weighted by atomic mass is 16.5. The molecule has 0 fully saturated rings. The van der Waals surface area contributed by atoms with Crippen molar-refractivity contribution in [3.63, 3.8) is 0 Å². The van der Waals surface area contributed by atoms with Crippen LogP contribution in [0.25, 0.3) is 0 Å². The summed E-state index contributed by atoms with van der Waals surface area (Å²) in [5.74, 6) is 1.18. The van der Waals surface area contributed by atoms with E-state index in [-0.39, 0.29) is 12.0 Å². The minimum Gasteiger partial charge on any atom is -0.373 e. The fraction of sp³-hybridized carbons (Fsp3) is 0.467. The van der Waals surface area contributed by atoms with Crippen LogP contribution in [0.4, 0.5) is 0 Å². The fourth-order valence-electron chi connectivity index (χ4n) is 2.14. The molecule has 0 aliphatic heterocycles. The summed E-state index contributed by atoms with van der Waals surface area (Å²) >= 11 is 0. The maximum atomic E-state index is 6.35. The number of hydrogen-bond donors (Lipinski definition) is 1. The zero-order chi connectivity index (χ0) is 14.8. The van der Waals surface area contributed by atoms with Gasteiger partial charge in [-0.15, -0.1) is 0 Å². The summed E-state index contributed by atoms with van der Waals surface area (Å²) in [6.07, 6.45) is -0.195. The van der Waals surface area contributed by atoms with Crippen LogP contribution in [0.1, 0.15) is 44.2 Å². The van der Waals surface area contributed by atoms with Crippen LogP contribution in [0.3, 0.4) is 0 Å². The van der Waals surface area contributed by atoms with Crippen molar-refractivity contribution in [2.45, 2.75) is 32.4 Å². The second-order valence-electron chi connectivity index (χ2n) is 5.43. The van der Waals surface area contributed by atoms with E-state index in [4.69, 9.17) is 15.0 Å². The van der Waals surface area contributed by atoms with Gasteiger partial charge >= 0.3 is 0 Å². The number of ether oxygens (including phenoxy) is 1. The quantitative estimate of drug-likeness (QED) is 0.908. The molecule has 20 heavy (non-hydrogen) atoms. The molecule has 2 rings (SSSR count). The van der Waals surface area contributed by atoms with Gasteiger partial charge in [0.1, 0.15) is 11.6 Å². The van der Waals surface area contributed by atoms with E-state index in [0.29, 0.717) is 11.7 Å². The van der Waals surface area contributed by atoms with E-state index in [1.807, 2.05) is 51.1 Å². The Morgan fingerprint density at radius 3 is 2.45 bits per heavy atom. The molecule has 0 saturated heterocycles. The Kier molecular flexibility index (Phi) is 4.20. The highest BCUT2D eigenvalue weighted by molar-refractivity contribution is 5.28. The van der Waals surface area contributed by atoms with Crippen LogP contribution in [0.2, 0.25) is 0 Å². The lowest BCUT2D eigenvalue weighted by Crippen LogP contribution is -2.34. The predicted octanol–water partition coefficient (Wildman–Crippen LogP) is 2.64. The first-order valence-corrected chi connectivity index (χ1v) is 6.68. The van der Waals surface area contributed by atoms with Crippen molar-refractivity contribution >= 4 is 0 Å². The summed E-state index contributed by atoms with van der Waals surface area (Å²) in [6.45, 7) is 5.95. The zero-order valence-electron chi connectivity index (χ0n) is 12.3. The van der Waals surface area contributed by atoms with Crippen LogP contribution >= 0.6 is 0 Å². The Hall–Kier alpha value is -1.72. The van der Waals surface area contributed by atoms with Gasteiger partial charge in [-0.3, -0.25) is 0 Å². The van der Waals surface area contributed by atoms with Gasteiger partial charge in [-0.25, -0.2) is 0 Å². The lowest BCUT2D eigenvalue weighted by atomic mass is 9.93. The molecule has 1 aromatic carbocycles. The van der Waals surface area contributed by atoms with Crippen LogP contribution < -0.4 is 5.73 Å². The molecule has 0 aliphatic carbocycles. The maximum absolute atomic E-state index is 6.35. The highest BCUT2D eigenvalue weighted by Gasteiger charge is 2.32. The van der Waals surface area contributed by atoms with Gasteiger partial charge in [0.25, 0.3) is 5.89 Å². The van der Waals surface area contributed by atoms with Gasteiger partial charge in [0, 0.05) is 7.11 Å². The van der Waals surface area contributed by atoms with Gasteiger partial charge in [-0.05, 0) is 18.4 Å². The first-order valence-electron chi connectivity index (χ1n) is 6.68. The Labute approximate surface area is 119 Å². The Morgan fingerprint density at radius 1 is 1.25 bits per heavy atom. The van der Waals surface area contributed by atoms with Crippen LogP contribution in [-0.4, -0.2) is 17.3 Å². The molecule has 0 saturated carbocycles. The number of nitrogens with two attached hydrogens (primary N) is 1. The smallest absolute Gasteiger partial charge is 0.251 e. The standard InChI is InChI=1S/C15H21N3O2/c1-10(2)12(19-4)13-17-14(20-18-13)15(3,16)11-8-6-5-7-9-11/h5-10,12H,16H2,1-4H3. The van der Waals surface area contributed by atoms with Crippen molar-refractivity contribution in [2.75, 3.05) is 7.11 Å². The first-order chi connectivity index (χ1) is 9.46. The summed E-state index contributed by atoms with van der Waals surface area (Å²) in [6, 6.07) is 9.70. The topological polar surface area (TPSA) is 74.2 Å². The third-order valence-electron chi connectivity index (χ3n) is 3.37. The molecule has 0 bridgehead atoms. The number of hydrogen-bond acceptors (Lipinski definition) is 5. The number of methoxy groups -OCH3 is 1. The van der Waals surface area contributed by atoms with E-state index < -0.39 is 5.54 Å². The molecule has 1 aromatic heterocycles. The third-order valence-corrected chi connectivity index (χ3v) is 3.37. The predicted molar refractivity (Wildman–Crippen MR) is 76.0 cm³/mol. The number of rotatable bonds is 5. The van der Waals surface area contributed by atoms with E-state index in [0.717, 1.165) is 5.56 Å². The summed E-state index contributed by atoms with van der Waals surface area (Å²) in [5.41, 5.74) is 6.46. The molecule has 108 valence electrons. The molecule has 2 N–H and O–H groups in total. The largest absolute Gasteiger partial charge is 0.373 e. The van der Waals surface area contributed by atoms with Gasteiger partial charge in [0.05, 0.1) is 0 Å². The van der Waals surface area contributed by atoms with E-state index in [9.17, 15) is 0 Å². The summed E-state index contributed by atoms with van der Waals surface area (Å²) < 4.78 is 10.8. The van der Waals surface area contributed by atoms with Gasteiger partial charge in [0.15, 0.2) is 0 Å². The number of nitrogens with zero attached hydrogens (tertiary/aromatic N) is 2. The van der Waals surface area contributed by atoms with Crippen molar-refractivity contribution < 1.29 is 9.26 Å². The molecule has 2 atom stereocenters. The van der Waals surface area contributed by atoms with Crippen molar-refractivity contribution in [1.82, 2.24) is 10.1 Å². The van der Waals surface area contributed by atoms with Crippen molar-refractivity contribution in [3.05, 3.63) is 47.6 Å².